The molecule has 0 fully saturated rings. The van der Waals surface area contributed by atoms with Gasteiger partial charge in [0.25, 0.3) is 5.91 Å². The van der Waals surface area contributed by atoms with Crippen molar-refractivity contribution in [1.82, 2.24) is 15.1 Å². The van der Waals surface area contributed by atoms with Gasteiger partial charge in [-0.25, -0.2) is 0 Å². The lowest BCUT2D eigenvalue weighted by Gasteiger charge is -2.15. The summed E-state index contributed by atoms with van der Waals surface area (Å²) in [7, 11) is 1.52. The van der Waals surface area contributed by atoms with Crippen molar-refractivity contribution in [3.63, 3.8) is 0 Å². The molecule has 0 unspecified atom stereocenters. The number of hydrogen-bond acceptors (Lipinski definition) is 4. The number of alkyl halides is 3. The van der Waals surface area contributed by atoms with Crippen LogP contribution in [0.1, 0.15) is 39.8 Å². The Hall–Kier alpha value is -3.82. The van der Waals surface area contributed by atoms with E-state index in [2.05, 4.69) is 20.7 Å². The number of methoxy groups -OCH3 is 1. The molecule has 10 heteroatoms. The predicted octanol–water partition coefficient (Wildman–Crippen LogP) is 4.99. The SMILES string of the molecule is CCn1nc(C)c(CCN=C(NC(=O)c2ccc(C(F)(F)F)cc2)Nc2ccccc2OC)c1C. The van der Waals surface area contributed by atoms with Gasteiger partial charge < -0.3 is 10.1 Å². The number of ether oxygens (including phenoxy) is 1. The number of nitrogens with zero attached hydrogens (tertiary/aromatic N) is 3. The molecular weight excluding hydrogens is 459 g/mol. The van der Waals surface area contributed by atoms with E-state index in [1.165, 1.54) is 7.11 Å². The topological polar surface area (TPSA) is 80.5 Å². The van der Waals surface area contributed by atoms with Gasteiger partial charge in [-0.15, -0.1) is 0 Å². The van der Waals surface area contributed by atoms with E-state index >= 15 is 0 Å². The lowest BCUT2D eigenvalue weighted by Crippen LogP contribution is -2.36. The van der Waals surface area contributed by atoms with Crippen molar-refractivity contribution in [2.75, 3.05) is 19.0 Å². The van der Waals surface area contributed by atoms with Crippen LogP contribution in [0.5, 0.6) is 5.75 Å². The van der Waals surface area contributed by atoms with Crippen LogP contribution in [0.3, 0.4) is 0 Å². The van der Waals surface area contributed by atoms with E-state index in [4.69, 9.17) is 4.74 Å². The number of halogens is 3. The van der Waals surface area contributed by atoms with Crippen LogP contribution >= 0.6 is 0 Å². The average Bonchev–Trinajstić information content (AvgIpc) is 3.11. The number of nitrogens with one attached hydrogen (secondary N) is 2. The molecule has 0 saturated carbocycles. The van der Waals surface area contributed by atoms with Gasteiger partial charge in [0.15, 0.2) is 0 Å². The maximum Gasteiger partial charge on any atom is 0.416 e. The highest BCUT2D eigenvalue weighted by Gasteiger charge is 2.30. The highest BCUT2D eigenvalue weighted by atomic mass is 19.4. The van der Waals surface area contributed by atoms with Crippen molar-refractivity contribution >= 4 is 17.6 Å². The fraction of sp³-hybridized carbons (Fsp3) is 0.320. The maximum atomic E-state index is 12.9. The van der Waals surface area contributed by atoms with Crippen LogP contribution < -0.4 is 15.4 Å². The third-order valence-electron chi connectivity index (χ3n) is 5.53. The van der Waals surface area contributed by atoms with Gasteiger partial charge >= 0.3 is 6.18 Å². The zero-order valence-electron chi connectivity index (χ0n) is 20.0. The number of aromatic nitrogens is 2. The smallest absolute Gasteiger partial charge is 0.416 e. The first kappa shape index (κ1) is 25.8. The second-order valence-corrected chi connectivity index (χ2v) is 7.80. The number of hydrogen-bond donors (Lipinski definition) is 2. The number of aliphatic imine (C=N–C) groups is 1. The van der Waals surface area contributed by atoms with Crippen LogP contribution in [0.25, 0.3) is 0 Å². The molecule has 1 amide bonds. The summed E-state index contributed by atoms with van der Waals surface area (Å²) < 4.78 is 45.9. The molecule has 0 bridgehead atoms. The maximum absolute atomic E-state index is 12.9. The number of rotatable bonds is 7. The molecule has 0 spiro atoms. The number of anilines is 1. The second kappa shape index (κ2) is 11.1. The highest BCUT2D eigenvalue weighted by molar-refractivity contribution is 6.10. The molecule has 0 saturated heterocycles. The molecular formula is C25H28F3N5O2. The lowest BCUT2D eigenvalue weighted by atomic mass is 10.1. The molecule has 3 aromatic rings. The molecule has 0 aliphatic rings. The van der Waals surface area contributed by atoms with E-state index in [0.717, 1.165) is 47.8 Å². The van der Waals surface area contributed by atoms with E-state index in [1.54, 1.807) is 24.3 Å². The lowest BCUT2D eigenvalue weighted by molar-refractivity contribution is -0.137. The number of benzene rings is 2. The van der Waals surface area contributed by atoms with Crippen molar-refractivity contribution in [2.45, 2.75) is 39.9 Å². The number of guanidine groups is 1. The van der Waals surface area contributed by atoms with Gasteiger partial charge in [-0.3, -0.25) is 19.8 Å². The van der Waals surface area contributed by atoms with E-state index in [-0.39, 0.29) is 11.5 Å². The van der Waals surface area contributed by atoms with Gasteiger partial charge in [-0.2, -0.15) is 18.3 Å². The van der Waals surface area contributed by atoms with Crippen LogP contribution in [0.4, 0.5) is 18.9 Å². The number of para-hydroxylation sites is 2. The molecule has 0 aliphatic carbocycles. The molecule has 2 N–H and O–H groups in total. The summed E-state index contributed by atoms with van der Waals surface area (Å²) >= 11 is 0. The molecule has 1 aromatic heterocycles. The Morgan fingerprint density at radius 1 is 1.11 bits per heavy atom. The van der Waals surface area contributed by atoms with Crippen LogP contribution in [-0.4, -0.2) is 35.3 Å². The van der Waals surface area contributed by atoms with Gasteiger partial charge in [0.05, 0.1) is 24.1 Å². The standard InChI is InChI=1S/C25H28F3N5O2/c1-5-33-17(3)20(16(2)32-33)14-15-29-24(30-21-8-6-7-9-22(21)35-4)31-23(34)18-10-12-19(13-11-18)25(26,27)28/h6-13H,5,14-15H2,1-4H3,(H2,29,30,31,34). The minimum atomic E-state index is -4.48. The Bertz CT molecular complexity index is 1200. The van der Waals surface area contributed by atoms with Gasteiger partial charge in [-0.05, 0) is 69.2 Å². The van der Waals surface area contributed by atoms with Crippen molar-refractivity contribution in [3.05, 3.63) is 76.6 Å². The number of carbonyl (C=O) groups excluding carboxylic acids is 1. The highest BCUT2D eigenvalue weighted by Crippen LogP contribution is 2.29. The largest absolute Gasteiger partial charge is 0.495 e. The normalized spacial score (nSPS) is 11.9. The molecule has 3 rings (SSSR count). The van der Waals surface area contributed by atoms with E-state index in [0.29, 0.717) is 24.4 Å². The Kier molecular flexibility index (Phi) is 8.16. The third kappa shape index (κ3) is 6.40. The first-order chi connectivity index (χ1) is 16.6. The fourth-order valence-corrected chi connectivity index (χ4v) is 3.66. The van der Waals surface area contributed by atoms with Crippen LogP contribution in [0.2, 0.25) is 0 Å². The minimum absolute atomic E-state index is 0.0726. The zero-order valence-corrected chi connectivity index (χ0v) is 20.0. The van der Waals surface area contributed by atoms with Gasteiger partial charge in [0, 0.05) is 24.3 Å². The van der Waals surface area contributed by atoms with Crippen LogP contribution in [-0.2, 0) is 19.1 Å². The Morgan fingerprint density at radius 3 is 2.40 bits per heavy atom. The number of amides is 1. The third-order valence-corrected chi connectivity index (χ3v) is 5.53. The Balaban J connectivity index is 1.82. The summed E-state index contributed by atoms with van der Waals surface area (Å²) in [4.78, 5) is 17.3. The summed E-state index contributed by atoms with van der Waals surface area (Å²) in [6, 6.07) is 11.1. The van der Waals surface area contributed by atoms with Crippen molar-refractivity contribution < 1.29 is 22.7 Å². The van der Waals surface area contributed by atoms with Crippen molar-refractivity contribution in [3.8, 4) is 5.75 Å². The molecule has 0 atom stereocenters. The zero-order chi connectivity index (χ0) is 25.6. The summed E-state index contributed by atoms with van der Waals surface area (Å²) in [5.74, 6) is 0.100. The second-order valence-electron chi connectivity index (χ2n) is 7.80. The fourth-order valence-electron chi connectivity index (χ4n) is 3.66. The van der Waals surface area contributed by atoms with Gasteiger partial charge in [0.1, 0.15) is 5.75 Å². The minimum Gasteiger partial charge on any atom is -0.495 e. The molecule has 7 nitrogen and oxygen atoms in total. The van der Waals surface area contributed by atoms with Crippen LogP contribution in [0, 0.1) is 13.8 Å². The number of aryl methyl sites for hydroxylation is 2. The van der Waals surface area contributed by atoms with Gasteiger partial charge in [-0.1, -0.05) is 12.1 Å². The van der Waals surface area contributed by atoms with E-state index < -0.39 is 17.6 Å². The first-order valence-corrected chi connectivity index (χ1v) is 11.1. The van der Waals surface area contributed by atoms with E-state index in [1.807, 2.05) is 25.5 Å². The summed E-state index contributed by atoms with van der Waals surface area (Å²) in [6.07, 6.45) is -3.88. The molecule has 35 heavy (non-hydrogen) atoms. The summed E-state index contributed by atoms with van der Waals surface area (Å²) in [5, 5.41) is 10.2. The Labute approximate surface area is 202 Å². The van der Waals surface area contributed by atoms with Gasteiger partial charge in [0.2, 0.25) is 5.96 Å². The van der Waals surface area contributed by atoms with Crippen LogP contribution in [0.15, 0.2) is 53.5 Å². The first-order valence-electron chi connectivity index (χ1n) is 11.1. The van der Waals surface area contributed by atoms with Crippen molar-refractivity contribution in [1.29, 1.82) is 0 Å². The predicted molar refractivity (Wildman–Crippen MR) is 129 cm³/mol. The number of carbonyl (C=O) groups is 1. The van der Waals surface area contributed by atoms with Crippen molar-refractivity contribution in [2.24, 2.45) is 4.99 Å². The average molecular weight is 488 g/mol. The summed E-state index contributed by atoms with van der Waals surface area (Å²) in [6.45, 7) is 7.08. The monoisotopic (exact) mass is 487 g/mol. The quantitative estimate of drug-likeness (QED) is 0.364. The van der Waals surface area contributed by atoms with E-state index in [9.17, 15) is 18.0 Å². The molecule has 1 heterocycles. The molecule has 186 valence electrons. The molecule has 2 aromatic carbocycles. The molecule has 0 radical (unpaired) electrons. The molecule has 0 aliphatic heterocycles. The Morgan fingerprint density at radius 2 is 1.80 bits per heavy atom. The summed E-state index contributed by atoms with van der Waals surface area (Å²) in [5.41, 5.74) is 2.90.